The van der Waals surface area contributed by atoms with E-state index in [2.05, 4.69) is 5.10 Å². The van der Waals surface area contributed by atoms with Crippen LogP contribution in [0.5, 0.6) is 5.75 Å². The SMILES string of the molecule is Cc1cc(C2OC(C)(C)C(C)(C)O2)ccc1N1CCOc2c(C)nn(C3CCCCO3)c2C1=O. The summed E-state index contributed by atoms with van der Waals surface area (Å²) in [6, 6.07) is 6.00. The molecule has 1 aromatic carbocycles. The van der Waals surface area contributed by atoms with Gasteiger partial charge in [-0.1, -0.05) is 6.07 Å². The molecule has 1 aromatic heterocycles. The van der Waals surface area contributed by atoms with E-state index in [4.69, 9.17) is 18.9 Å². The van der Waals surface area contributed by atoms with Gasteiger partial charge in [0.25, 0.3) is 5.91 Å². The van der Waals surface area contributed by atoms with Crippen LogP contribution in [0.15, 0.2) is 18.2 Å². The van der Waals surface area contributed by atoms with Gasteiger partial charge in [-0.25, -0.2) is 4.68 Å². The van der Waals surface area contributed by atoms with Crippen LogP contribution in [0.2, 0.25) is 0 Å². The first-order valence-electron chi connectivity index (χ1n) is 12.2. The molecule has 3 aliphatic heterocycles. The molecule has 0 bridgehead atoms. The summed E-state index contributed by atoms with van der Waals surface area (Å²) in [4.78, 5) is 15.6. The van der Waals surface area contributed by atoms with E-state index in [9.17, 15) is 4.79 Å². The first-order chi connectivity index (χ1) is 16.1. The molecule has 1 atom stereocenters. The minimum absolute atomic E-state index is 0.117. The van der Waals surface area contributed by atoms with E-state index in [1.807, 2.05) is 59.7 Å². The lowest BCUT2D eigenvalue weighted by Gasteiger charge is -2.30. The van der Waals surface area contributed by atoms with Crippen LogP contribution in [0, 0.1) is 13.8 Å². The zero-order chi connectivity index (χ0) is 24.3. The van der Waals surface area contributed by atoms with Crippen molar-refractivity contribution in [3.63, 3.8) is 0 Å². The number of ether oxygens (including phenoxy) is 4. The minimum Gasteiger partial charge on any atom is -0.487 e. The number of rotatable bonds is 3. The topological polar surface area (TPSA) is 75.1 Å². The van der Waals surface area contributed by atoms with Crippen LogP contribution in [0.4, 0.5) is 5.69 Å². The highest BCUT2D eigenvalue weighted by Gasteiger charge is 2.49. The van der Waals surface area contributed by atoms with Crippen LogP contribution >= 0.6 is 0 Å². The minimum atomic E-state index is -0.444. The predicted molar refractivity (Wildman–Crippen MR) is 127 cm³/mol. The van der Waals surface area contributed by atoms with Gasteiger partial charge in [-0.2, -0.15) is 5.10 Å². The maximum absolute atomic E-state index is 13.9. The highest BCUT2D eigenvalue weighted by atomic mass is 16.7. The fourth-order valence-corrected chi connectivity index (χ4v) is 4.83. The molecule has 0 saturated carbocycles. The largest absolute Gasteiger partial charge is 0.487 e. The van der Waals surface area contributed by atoms with Gasteiger partial charge < -0.3 is 23.8 Å². The summed E-state index contributed by atoms with van der Waals surface area (Å²) in [5, 5.41) is 4.64. The number of fused-ring (bicyclic) bond motifs is 1. The van der Waals surface area contributed by atoms with Crippen LogP contribution in [0.25, 0.3) is 0 Å². The van der Waals surface area contributed by atoms with E-state index in [-0.39, 0.29) is 12.1 Å². The standard InChI is InChI=1S/C26H35N3O5/c1-16-15-18(24-33-25(3,4)26(5,6)34-24)10-11-19(16)28-12-14-32-22-17(2)27-29(21(22)23(28)30)20-9-7-8-13-31-20/h10-11,15,20,24H,7-9,12-14H2,1-6H3. The fraction of sp³-hybridized carbons (Fsp3) is 0.615. The Hall–Kier alpha value is -2.42. The zero-order valence-corrected chi connectivity index (χ0v) is 21.0. The third-order valence-corrected chi connectivity index (χ3v) is 7.51. The second kappa shape index (κ2) is 8.36. The molecule has 0 aliphatic carbocycles. The van der Waals surface area contributed by atoms with Crippen molar-refractivity contribution in [2.75, 3.05) is 24.7 Å². The Morgan fingerprint density at radius 2 is 1.76 bits per heavy atom. The fourth-order valence-electron chi connectivity index (χ4n) is 4.83. The summed E-state index contributed by atoms with van der Waals surface area (Å²) in [6.07, 6.45) is 2.24. The molecule has 5 rings (SSSR count). The van der Waals surface area contributed by atoms with E-state index in [0.29, 0.717) is 36.9 Å². The van der Waals surface area contributed by atoms with Gasteiger partial charge in [0.05, 0.1) is 17.7 Å². The van der Waals surface area contributed by atoms with Crippen molar-refractivity contribution >= 4 is 11.6 Å². The van der Waals surface area contributed by atoms with Crippen molar-refractivity contribution in [1.82, 2.24) is 9.78 Å². The van der Waals surface area contributed by atoms with Crippen molar-refractivity contribution < 1.29 is 23.7 Å². The van der Waals surface area contributed by atoms with Crippen molar-refractivity contribution in [3.05, 3.63) is 40.7 Å². The number of carbonyl (C=O) groups excluding carboxylic acids is 1. The van der Waals surface area contributed by atoms with E-state index in [0.717, 1.165) is 36.1 Å². The lowest BCUT2D eigenvalue weighted by molar-refractivity contribution is -0.0895. The van der Waals surface area contributed by atoms with Crippen molar-refractivity contribution in [2.45, 2.75) is 84.5 Å². The summed E-state index contributed by atoms with van der Waals surface area (Å²) >= 11 is 0. The second-order valence-corrected chi connectivity index (χ2v) is 10.5. The average Bonchev–Trinajstić information content (AvgIpc) is 3.15. The molecule has 3 aliphatic rings. The molecule has 184 valence electrons. The summed E-state index contributed by atoms with van der Waals surface area (Å²) in [5.74, 6) is 0.446. The molecule has 8 nitrogen and oxygen atoms in total. The summed E-state index contributed by atoms with van der Waals surface area (Å²) in [5.41, 5.74) is 3.13. The Morgan fingerprint density at radius 3 is 2.41 bits per heavy atom. The van der Waals surface area contributed by atoms with Crippen molar-refractivity contribution in [3.8, 4) is 5.75 Å². The molecule has 1 unspecified atom stereocenters. The Balaban J connectivity index is 1.46. The lowest BCUT2D eigenvalue weighted by atomic mass is 9.90. The smallest absolute Gasteiger partial charge is 0.280 e. The Morgan fingerprint density at radius 1 is 1.03 bits per heavy atom. The average molecular weight is 470 g/mol. The number of carbonyl (C=O) groups is 1. The number of aromatic nitrogens is 2. The van der Waals surface area contributed by atoms with Gasteiger partial charge in [-0.15, -0.1) is 0 Å². The van der Waals surface area contributed by atoms with Crippen LogP contribution in [0.3, 0.4) is 0 Å². The number of anilines is 1. The molecular formula is C26H35N3O5. The lowest BCUT2D eigenvalue weighted by Crippen LogP contribution is -2.41. The van der Waals surface area contributed by atoms with Crippen LogP contribution in [-0.4, -0.2) is 46.6 Å². The highest BCUT2D eigenvalue weighted by molar-refractivity contribution is 6.07. The maximum Gasteiger partial charge on any atom is 0.280 e. The number of hydrogen-bond donors (Lipinski definition) is 0. The van der Waals surface area contributed by atoms with Gasteiger partial charge in [0.2, 0.25) is 0 Å². The first kappa shape index (κ1) is 23.3. The summed E-state index contributed by atoms with van der Waals surface area (Å²) in [7, 11) is 0. The Labute approximate surface area is 201 Å². The monoisotopic (exact) mass is 469 g/mol. The summed E-state index contributed by atoms with van der Waals surface area (Å²) < 4.78 is 26.1. The third-order valence-electron chi connectivity index (χ3n) is 7.51. The number of amides is 1. The van der Waals surface area contributed by atoms with E-state index >= 15 is 0 Å². The molecule has 0 N–H and O–H groups in total. The molecule has 2 fully saturated rings. The maximum atomic E-state index is 13.9. The molecule has 0 radical (unpaired) electrons. The molecule has 1 amide bonds. The van der Waals surface area contributed by atoms with Crippen LogP contribution in [-0.2, 0) is 14.2 Å². The van der Waals surface area contributed by atoms with Gasteiger partial charge in [-0.05, 0) is 78.5 Å². The normalized spacial score (nSPS) is 24.6. The number of benzene rings is 1. The van der Waals surface area contributed by atoms with Crippen LogP contribution in [0.1, 0.15) is 86.8 Å². The van der Waals surface area contributed by atoms with Gasteiger partial charge in [0.15, 0.2) is 24.0 Å². The van der Waals surface area contributed by atoms with Gasteiger partial charge in [-0.3, -0.25) is 4.79 Å². The molecule has 0 spiro atoms. The number of hydrogen-bond acceptors (Lipinski definition) is 6. The molecule has 8 heteroatoms. The molecular weight excluding hydrogens is 434 g/mol. The van der Waals surface area contributed by atoms with Crippen molar-refractivity contribution in [1.29, 1.82) is 0 Å². The predicted octanol–water partition coefficient (Wildman–Crippen LogP) is 4.84. The highest BCUT2D eigenvalue weighted by Crippen LogP contribution is 2.45. The van der Waals surface area contributed by atoms with Gasteiger partial charge in [0, 0.05) is 17.9 Å². The number of aryl methyl sites for hydroxylation is 2. The second-order valence-electron chi connectivity index (χ2n) is 10.5. The molecule has 2 aromatic rings. The summed E-state index contributed by atoms with van der Waals surface area (Å²) in [6.45, 7) is 13.6. The van der Waals surface area contributed by atoms with E-state index < -0.39 is 17.5 Å². The zero-order valence-electron chi connectivity index (χ0n) is 21.0. The van der Waals surface area contributed by atoms with Crippen LogP contribution < -0.4 is 9.64 Å². The van der Waals surface area contributed by atoms with E-state index in [1.54, 1.807) is 9.58 Å². The molecule has 34 heavy (non-hydrogen) atoms. The Bertz CT molecular complexity index is 1080. The quantitative estimate of drug-likeness (QED) is 0.640. The number of nitrogens with zero attached hydrogens (tertiary/aromatic N) is 3. The Kier molecular flexibility index (Phi) is 5.73. The van der Waals surface area contributed by atoms with E-state index in [1.165, 1.54) is 0 Å². The van der Waals surface area contributed by atoms with Gasteiger partial charge in [0.1, 0.15) is 12.3 Å². The molecule has 2 saturated heterocycles. The van der Waals surface area contributed by atoms with Gasteiger partial charge >= 0.3 is 0 Å². The first-order valence-corrected chi connectivity index (χ1v) is 12.2. The van der Waals surface area contributed by atoms with Crippen molar-refractivity contribution in [2.24, 2.45) is 0 Å². The molecule has 4 heterocycles. The third kappa shape index (κ3) is 3.82.